The summed E-state index contributed by atoms with van der Waals surface area (Å²) < 4.78 is 15.8. The lowest BCUT2D eigenvalue weighted by Gasteiger charge is -2.19. The Morgan fingerprint density at radius 2 is 1.76 bits per heavy atom. The van der Waals surface area contributed by atoms with Gasteiger partial charge in [-0.25, -0.2) is 13.9 Å². The van der Waals surface area contributed by atoms with Gasteiger partial charge in [-0.2, -0.15) is 5.10 Å². The number of benzene rings is 3. The highest BCUT2D eigenvalue weighted by molar-refractivity contribution is 6.35. The maximum absolute atomic E-state index is 14.2. The van der Waals surface area contributed by atoms with Gasteiger partial charge in [-0.3, -0.25) is 9.59 Å². The van der Waals surface area contributed by atoms with Gasteiger partial charge in [-0.05, 0) is 66.2 Å². The van der Waals surface area contributed by atoms with Gasteiger partial charge < -0.3 is 10.6 Å². The summed E-state index contributed by atoms with van der Waals surface area (Å²) in [6.07, 6.45) is 3.20. The summed E-state index contributed by atoms with van der Waals surface area (Å²) in [6, 6.07) is 14.7. The van der Waals surface area contributed by atoms with E-state index in [0.717, 1.165) is 5.56 Å². The van der Waals surface area contributed by atoms with Crippen LogP contribution in [0.3, 0.4) is 0 Å². The van der Waals surface area contributed by atoms with Crippen LogP contribution < -0.4 is 10.6 Å². The molecule has 0 unspecified atom stereocenters. The van der Waals surface area contributed by atoms with E-state index in [-0.39, 0.29) is 10.6 Å². The summed E-state index contributed by atoms with van der Waals surface area (Å²) in [7, 11) is 0. The average molecular weight is 567 g/mol. The number of carbonyl (C=O) groups excluding carboxylic acids is 2. The van der Waals surface area contributed by atoms with E-state index in [0.29, 0.717) is 43.6 Å². The topological polar surface area (TPSA) is 88.4 Å². The number of aromatic nitrogens is 3. The normalized spacial score (nSPS) is 14.4. The molecule has 2 aromatic heterocycles. The second kappa shape index (κ2) is 9.40. The van der Waals surface area contributed by atoms with Crippen molar-refractivity contribution in [1.29, 1.82) is 0 Å². The van der Waals surface area contributed by atoms with Crippen LogP contribution in [0.5, 0.6) is 0 Å². The van der Waals surface area contributed by atoms with Crippen LogP contribution in [-0.2, 0) is 0 Å². The van der Waals surface area contributed by atoms with Gasteiger partial charge in [0.05, 0.1) is 6.04 Å². The molecule has 38 heavy (non-hydrogen) atoms. The number of nitrogens with zero attached hydrogens (tertiary/aromatic N) is 3. The maximum atomic E-state index is 14.2. The van der Waals surface area contributed by atoms with Crippen LogP contribution in [0.25, 0.3) is 16.8 Å². The molecule has 3 aromatic carbocycles. The van der Waals surface area contributed by atoms with E-state index in [1.807, 2.05) is 6.07 Å². The lowest BCUT2D eigenvalue weighted by atomic mass is 9.93. The fraction of sp³-hybridized carbons (Fsp3) is 0.0370. The Morgan fingerprint density at radius 3 is 2.55 bits per heavy atom. The average Bonchev–Trinajstić information content (AvgIpc) is 3.49. The van der Waals surface area contributed by atoms with E-state index in [1.165, 1.54) is 42.7 Å². The first-order valence-electron chi connectivity index (χ1n) is 11.3. The van der Waals surface area contributed by atoms with Crippen molar-refractivity contribution in [2.24, 2.45) is 0 Å². The molecule has 2 amide bonds. The maximum Gasteiger partial charge on any atom is 0.255 e. The highest BCUT2D eigenvalue weighted by Gasteiger charge is 2.35. The van der Waals surface area contributed by atoms with Crippen molar-refractivity contribution >= 4 is 58.0 Å². The van der Waals surface area contributed by atoms with E-state index in [4.69, 9.17) is 34.8 Å². The van der Waals surface area contributed by atoms with Gasteiger partial charge >= 0.3 is 0 Å². The van der Waals surface area contributed by atoms with Crippen LogP contribution in [0.4, 0.5) is 10.1 Å². The van der Waals surface area contributed by atoms with Crippen molar-refractivity contribution < 1.29 is 14.0 Å². The fourth-order valence-corrected chi connectivity index (χ4v) is 5.29. The van der Waals surface area contributed by atoms with Crippen molar-refractivity contribution in [2.45, 2.75) is 6.04 Å². The standard InChI is InChI=1S/C27H15Cl3FN5O2/c28-16-5-15(6-17(29)9-16)26(37)34-22-8-14(13-1-4-23-32-12-33-36(23)11-13)7-20-24(22)25(35-27(20)38)19-10-18(31)2-3-21(19)30/h1-12,25H,(H,34,37)(H,35,38)/t25-/m1/s1. The lowest BCUT2D eigenvalue weighted by molar-refractivity contribution is 0.0959. The highest BCUT2D eigenvalue weighted by Crippen LogP contribution is 2.42. The molecule has 1 aliphatic rings. The molecule has 0 fully saturated rings. The highest BCUT2D eigenvalue weighted by atomic mass is 35.5. The van der Waals surface area contributed by atoms with Gasteiger partial charge in [0.2, 0.25) is 0 Å². The molecular formula is C27H15Cl3FN5O2. The zero-order chi connectivity index (χ0) is 26.6. The van der Waals surface area contributed by atoms with Crippen molar-refractivity contribution in [1.82, 2.24) is 19.9 Å². The van der Waals surface area contributed by atoms with Gasteiger partial charge in [0.1, 0.15) is 12.1 Å². The minimum atomic E-state index is -0.800. The zero-order valence-electron chi connectivity index (χ0n) is 19.2. The first-order valence-corrected chi connectivity index (χ1v) is 12.4. The molecule has 7 nitrogen and oxygen atoms in total. The van der Waals surface area contributed by atoms with E-state index in [1.54, 1.807) is 28.9 Å². The fourth-order valence-electron chi connectivity index (χ4n) is 4.54. The largest absolute Gasteiger partial charge is 0.341 e. The summed E-state index contributed by atoms with van der Waals surface area (Å²) >= 11 is 18.6. The second-order valence-electron chi connectivity index (χ2n) is 8.65. The Labute approximate surface area is 230 Å². The SMILES string of the molecule is O=C(Nc1cc(-c2ccc3ncnn3c2)cc2c1[C@@H](c1cc(F)ccc1Cl)NC2=O)c1cc(Cl)cc(Cl)c1. The number of halogens is 4. The Morgan fingerprint density at radius 1 is 0.974 bits per heavy atom. The van der Waals surface area contributed by atoms with Crippen molar-refractivity contribution in [2.75, 3.05) is 5.32 Å². The number of rotatable bonds is 4. The summed E-state index contributed by atoms with van der Waals surface area (Å²) in [6.45, 7) is 0. The number of nitrogens with one attached hydrogen (secondary N) is 2. The van der Waals surface area contributed by atoms with Crippen LogP contribution >= 0.6 is 34.8 Å². The molecule has 0 saturated heterocycles. The molecule has 0 bridgehead atoms. The van der Waals surface area contributed by atoms with Crippen molar-refractivity contribution in [3.8, 4) is 11.1 Å². The van der Waals surface area contributed by atoms with Crippen LogP contribution in [0, 0.1) is 5.82 Å². The first-order chi connectivity index (χ1) is 18.3. The molecule has 1 atom stereocenters. The number of anilines is 1. The number of hydrogen-bond donors (Lipinski definition) is 2. The minimum absolute atomic E-state index is 0.225. The molecule has 0 spiro atoms. The van der Waals surface area contributed by atoms with Crippen molar-refractivity contribution in [3.63, 3.8) is 0 Å². The molecule has 0 radical (unpaired) electrons. The molecule has 5 aromatic rings. The molecule has 11 heteroatoms. The van der Waals surface area contributed by atoms with Crippen LogP contribution in [0.1, 0.15) is 37.9 Å². The molecule has 1 aliphatic heterocycles. The minimum Gasteiger partial charge on any atom is -0.341 e. The molecule has 3 heterocycles. The number of carbonyl (C=O) groups is 2. The second-order valence-corrected chi connectivity index (χ2v) is 9.93. The number of pyridine rings is 1. The van der Waals surface area contributed by atoms with Crippen LogP contribution in [0.2, 0.25) is 15.1 Å². The molecule has 0 aliphatic carbocycles. The molecule has 0 saturated carbocycles. The molecular weight excluding hydrogens is 552 g/mol. The Kier molecular flexibility index (Phi) is 6.03. The lowest BCUT2D eigenvalue weighted by Crippen LogP contribution is -2.21. The van der Waals surface area contributed by atoms with Gasteiger partial charge in [0, 0.05) is 54.8 Å². The van der Waals surface area contributed by atoms with Crippen LogP contribution in [-0.4, -0.2) is 26.4 Å². The van der Waals surface area contributed by atoms with E-state index < -0.39 is 23.7 Å². The third-order valence-electron chi connectivity index (χ3n) is 6.24. The number of hydrogen-bond acceptors (Lipinski definition) is 4. The quantitative estimate of drug-likeness (QED) is 0.257. The van der Waals surface area contributed by atoms with Gasteiger partial charge in [-0.15, -0.1) is 0 Å². The monoisotopic (exact) mass is 565 g/mol. The van der Waals surface area contributed by atoms with E-state index in [2.05, 4.69) is 20.7 Å². The summed E-state index contributed by atoms with van der Waals surface area (Å²) in [5.41, 5.74) is 3.70. The third-order valence-corrected chi connectivity index (χ3v) is 7.02. The first kappa shape index (κ1) is 24.4. The summed E-state index contributed by atoms with van der Waals surface area (Å²) in [5, 5.41) is 10.8. The summed E-state index contributed by atoms with van der Waals surface area (Å²) in [4.78, 5) is 30.6. The van der Waals surface area contributed by atoms with Gasteiger partial charge in [0.25, 0.3) is 11.8 Å². The predicted octanol–water partition coefficient (Wildman–Crippen LogP) is 6.58. The van der Waals surface area contributed by atoms with E-state index in [9.17, 15) is 14.0 Å². The predicted molar refractivity (Wildman–Crippen MR) is 144 cm³/mol. The summed E-state index contributed by atoms with van der Waals surface area (Å²) in [5.74, 6) is -1.40. The number of fused-ring (bicyclic) bond motifs is 2. The Hall–Kier alpha value is -3.98. The van der Waals surface area contributed by atoms with Crippen molar-refractivity contribution in [3.05, 3.63) is 116 Å². The Balaban J connectivity index is 1.52. The Bertz CT molecular complexity index is 1770. The van der Waals surface area contributed by atoms with Gasteiger partial charge in [-0.1, -0.05) is 34.8 Å². The molecule has 6 rings (SSSR count). The van der Waals surface area contributed by atoms with Crippen LogP contribution in [0.15, 0.2) is 73.2 Å². The molecule has 188 valence electrons. The zero-order valence-corrected chi connectivity index (χ0v) is 21.4. The number of amides is 2. The third kappa shape index (κ3) is 4.36. The van der Waals surface area contributed by atoms with Gasteiger partial charge in [0.15, 0.2) is 5.65 Å². The smallest absolute Gasteiger partial charge is 0.255 e. The molecule has 2 N–H and O–H groups in total. The van der Waals surface area contributed by atoms with E-state index >= 15 is 0 Å².